The van der Waals surface area contributed by atoms with Gasteiger partial charge in [0.15, 0.2) is 0 Å². The van der Waals surface area contributed by atoms with Crippen molar-refractivity contribution in [2.24, 2.45) is 0 Å². The molecule has 2 radical (unpaired) electrons. The summed E-state index contributed by atoms with van der Waals surface area (Å²) in [5.41, 5.74) is 0.762. The number of rotatable bonds is 8. The van der Waals surface area contributed by atoms with Crippen molar-refractivity contribution in [2.75, 3.05) is 0 Å². The summed E-state index contributed by atoms with van der Waals surface area (Å²) in [6.07, 6.45) is 5.46. The van der Waals surface area contributed by atoms with Crippen molar-refractivity contribution in [1.29, 1.82) is 0 Å². The van der Waals surface area contributed by atoms with Gasteiger partial charge < -0.3 is 4.43 Å². The van der Waals surface area contributed by atoms with Gasteiger partial charge in [-0.2, -0.15) is 0 Å². The number of hydrogen-bond acceptors (Lipinski definition) is 1. The minimum absolute atomic E-state index is 0.0701. The van der Waals surface area contributed by atoms with Gasteiger partial charge in [-0.1, -0.05) is 32.6 Å². The topological polar surface area (TPSA) is 9.23 Å². The largest absolute Gasteiger partial charge is 0.413 e. The summed E-state index contributed by atoms with van der Waals surface area (Å²) in [5, 5.41) is 0. The van der Waals surface area contributed by atoms with Crippen LogP contribution in [0.25, 0.3) is 0 Å². The molecular formula is C13H28OSi2. The van der Waals surface area contributed by atoms with Crippen molar-refractivity contribution in [3.63, 3.8) is 0 Å². The van der Waals surface area contributed by atoms with E-state index in [1.807, 2.05) is 6.08 Å². The highest BCUT2D eigenvalue weighted by Gasteiger charge is 2.38. The van der Waals surface area contributed by atoms with Gasteiger partial charge in [0.05, 0.1) is 13.7 Å². The van der Waals surface area contributed by atoms with E-state index in [2.05, 4.69) is 46.6 Å². The summed E-state index contributed by atoms with van der Waals surface area (Å²) in [6, 6.07) is 0. The Hall–Kier alpha value is 0.134. The lowest BCUT2D eigenvalue weighted by Gasteiger charge is -2.42. The maximum absolute atomic E-state index is 6.09. The second kappa shape index (κ2) is 6.77. The van der Waals surface area contributed by atoms with Gasteiger partial charge in [-0.25, -0.2) is 0 Å². The maximum Gasteiger partial charge on any atom is 0.226 e. The van der Waals surface area contributed by atoms with Gasteiger partial charge in [-0.3, -0.25) is 0 Å². The third-order valence-corrected chi connectivity index (χ3v) is 7.51. The van der Waals surface area contributed by atoms with Crippen LogP contribution in [0.15, 0.2) is 12.7 Å². The van der Waals surface area contributed by atoms with Crippen LogP contribution in [0.4, 0.5) is 0 Å². The standard InChI is InChI=1S/C13H28OSi2/c1-8-9-10-11-13(3,14-15-4)12(2)16(5,6)7/h8,12H,1,9-11H2,2-7H3. The highest BCUT2D eigenvalue weighted by molar-refractivity contribution is 6.77. The minimum atomic E-state index is -1.14. The third kappa shape index (κ3) is 4.98. The van der Waals surface area contributed by atoms with Gasteiger partial charge in [-0.05, 0) is 38.3 Å². The summed E-state index contributed by atoms with van der Waals surface area (Å²) >= 11 is 0. The molecule has 0 saturated carbocycles. The van der Waals surface area contributed by atoms with Crippen LogP contribution in [0.2, 0.25) is 31.7 Å². The number of hydrogen-bond donors (Lipinski definition) is 0. The van der Waals surface area contributed by atoms with E-state index in [-0.39, 0.29) is 5.60 Å². The van der Waals surface area contributed by atoms with E-state index in [1.54, 1.807) is 0 Å². The van der Waals surface area contributed by atoms with Gasteiger partial charge in [0.1, 0.15) is 0 Å². The second-order valence-electron chi connectivity index (χ2n) is 5.89. The first-order chi connectivity index (χ1) is 7.28. The third-order valence-electron chi connectivity index (χ3n) is 3.63. The van der Waals surface area contributed by atoms with Crippen LogP contribution in [-0.2, 0) is 4.43 Å². The summed E-state index contributed by atoms with van der Waals surface area (Å²) in [5.74, 6) is 0. The molecule has 0 aromatic carbocycles. The summed E-state index contributed by atoms with van der Waals surface area (Å²) in [6.45, 7) is 17.9. The monoisotopic (exact) mass is 256 g/mol. The molecular weight excluding hydrogens is 228 g/mol. The molecule has 0 N–H and O–H groups in total. The fraction of sp³-hybridized carbons (Fsp3) is 0.846. The molecule has 0 aromatic heterocycles. The second-order valence-corrected chi connectivity index (χ2v) is 12.1. The molecule has 2 atom stereocenters. The van der Waals surface area contributed by atoms with Crippen molar-refractivity contribution in [1.82, 2.24) is 0 Å². The Morgan fingerprint density at radius 2 is 2.00 bits per heavy atom. The SMILES string of the molecule is C=CCCCC(C)(O[Si]C)C(C)[Si](C)(C)C. The number of unbranched alkanes of at least 4 members (excludes halogenated alkanes) is 1. The van der Waals surface area contributed by atoms with E-state index >= 15 is 0 Å². The summed E-state index contributed by atoms with van der Waals surface area (Å²) < 4.78 is 6.09. The average molecular weight is 257 g/mol. The van der Waals surface area contributed by atoms with Crippen LogP contribution in [-0.4, -0.2) is 23.4 Å². The molecule has 0 bridgehead atoms. The van der Waals surface area contributed by atoms with E-state index in [0.29, 0.717) is 15.3 Å². The van der Waals surface area contributed by atoms with Gasteiger partial charge in [0.2, 0.25) is 9.76 Å². The molecule has 1 nitrogen and oxygen atoms in total. The van der Waals surface area contributed by atoms with E-state index in [1.165, 1.54) is 6.42 Å². The molecule has 0 aromatic rings. The quantitative estimate of drug-likeness (QED) is 0.353. The van der Waals surface area contributed by atoms with E-state index in [9.17, 15) is 0 Å². The Bertz CT molecular complexity index is 210. The molecule has 0 heterocycles. The highest BCUT2D eigenvalue weighted by atomic mass is 28.3. The molecule has 0 spiro atoms. The van der Waals surface area contributed by atoms with Crippen LogP contribution in [0.5, 0.6) is 0 Å². The summed E-state index contributed by atoms with van der Waals surface area (Å²) in [7, 11) is -0.551. The predicted molar refractivity (Wildman–Crippen MR) is 77.9 cm³/mol. The van der Waals surface area contributed by atoms with E-state index in [0.717, 1.165) is 12.8 Å². The van der Waals surface area contributed by atoms with Crippen molar-refractivity contribution in [2.45, 2.75) is 70.4 Å². The minimum Gasteiger partial charge on any atom is -0.413 e. The molecule has 0 rings (SSSR count). The fourth-order valence-electron chi connectivity index (χ4n) is 2.10. The smallest absolute Gasteiger partial charge is 0.226 e. The van der Waals surface area contributed by atoms with Crippen molar-refractivity contribution >= 4 is 17.8 Å². The highest BCUT2D eigenvalue weighted by Crippen LogP contribution is 2.38. The molecule has 16 heavy (non-hydrogen) atoms. The molecule has 94 valence electrons. The Morgan fingerprint density at radius 1 is 1.44 bits per heavy atom. The molecule has 0 saturated heterocycles. The van der Waals surface area contributed by atoms with Crippen LogP contribution >= 0.6 is 0 Å². The lowest BCUT2D eigenvalue weighted by molar-refractivity contribution is 0.0767. The average Bonchev–Trinajstić information content (AvgIpc) is 2.16. The van der Waals surface area contributed by atoms with Gasteiger partial charge in [-0.15, -0.1) is 6.58 Å². The molecule has 0 aliphatic heterocycles. The first-order valence-corrected chi connectivity index (χ1v) is 11.2. The van der Waals surface area contributed by atoms with E-state index < -0.39 is 8.07 Å². The Kier molecular flexibility index (Phi) is 6.83. The Balaban J connectivity index is 4.59. The molecule has 2 unspecified atom stereocenters. The normalized spacial score (nSPS) is 17.9. The Morgan fingerprint density at radius 3 is 2.38 bits per heavy atom. The van der Waals surface area contributed by atoms with Crippen molar-refractivity contribution in [3.8, 4) is 0 Å². The zero-order chi connectivity index (χ0) is 12.8. The Labute approximate surface area is 106 Å². The maximum atomic E-state index is 6.09. The number of allylic oxidation sites excluding steroid dienone is 1. The van der Waals surface area contributed by atoms with Crippen LogP contribution < -0.4 is 0 Å². The zero-order valence-corrected chi connectivity index (χ0v) is 13.9. The van der Waals surface area contributed by atoms with Gasteiger partial charge in [0, 0.05) is 0 Å². The lowest BCUT2D eigenvalue weighted by Crippen LogP contribution is -2.45. The van der Waals surface area contributed by atoms with Crippen molar-refractivity contribution < 1.29 is 4.43 Å². The molecule has 0 aliphatic carbocycles. The molecule has 0 aliphatic rings. The van der Waals surface area contributed by atoms with E-state index in [4.69, 9.17) is 4.43 Å². The lowest BCUT2D eigenvalue weighted by atomic mass is 9.95. The molecule has 3 heteroatoms. The van der Waals surface area contributed by atoms with Crippen molar-refractivity contribution in [3.05, 3.63) is 12.7 Å². The first kappa shape index (κ1) is 16.1. The van der Waals surface area contributed by atoms with Crippen LogP contribution in [0.1, 0.15) is 33.1 Å². The molecule has 0 fully saturated rings. The predicted octanol–water partition coefficient (Wildman–Crippen LogP) is 4.51. The zero-order valence-electron chi connectivity index (χ0n) is 11.9. The first-order valence-electron chi connectivity index (χ1n) is 6.23. The van der Waals surface area contributed by atoms with Crippen LogP contribution in [0, 0.1) is 0 Å². The summed E-state index contributed by atoms with van der Waals surface area (Å²) in [4.78, 5) is 0. The van der Waals surface area contributed by atoms with Gasteiger partial charge >= 0.3 is 0 Å². The molecule has 0 amide bonds. The van der Waals surface area contributed by atoms with Crippen LogP contribution in [0.3, 0.4) is 0 Å². The fourth-order valence-corrected chi connectivity index (χ4v) is 5.00. The van der Waals surface area contributed by atoms with Gasteiger partial charge in [0.25, 0.3) is 0 Å².